The van der Waals surface area contributed by atoms with Crippen molar-refractivity contribution in [3.05, 3.63) is 59.7 Å². The van der Waals surface area contributed by atoms with Crippen molar-refractivity contribution < 1.29 is 47.0 Å². The number of carbonyl (C=O) groups is 6. The first-order valence-corrected chi connectivity index (χ1v) is 16.3. The highest BCUT2D eigenvalue weighted by atomic mass is 19.4. The molecule has 16 heteroatoms. The first-order chi connectivity index (χ1) is 23.7. The highest BCUT2D eigenvalue weighted by Crippen LogP contribution is 2.21. The molecule has 0 aliphatic rings. The number of aliphatic hydroxyl groups is 1. The Balaban J connectivity index is 1.88. The molecule has 2 aromatic rings. The van der Waals surface area contributed by atoms with Crippen LogP contribution in [0.5, 0.6) is 0 Å². The molecule has 3 atom stereocenters. The van der Waals surface area contributed by atoms with Crippen LogP contribution in [0.3, 0.4) is 0 Å². The lowest BCUT2D eigenvalue weighted by Crippen LogP contribution is -2.56. The van der Waals surface area contributed by atoms with E-state index in [1.165, 1.54) is 12.5 Å². The maximum absolute atomic E-state index is 12.7. The molecule has 0 aliphatic heterocycles. The van der Waals surface area contributed by atoms with Crippen LogP contribution in [0.2, 0.25) is 0 Å². The summed E-state index contributed by atoms with van der Waals surface area (Å²) in [5.41, 5.74) is 8.86. The topological polar surface area (TPSA) is 209 Å². The molecule has 0 heterocycles. The fourth-order valence-electron chi connectivity index (χ4n) is 4.63. The minimum absolute atomic E-state index is 0.0157. The van der Waals surface area contributed by atoms with Crippen LogP contribution in [-0.4, -0.2) is 91.0 Å². The van der Waals surface area contributed by atoms with E-state index in [0.717, 1.165) is 30.4 Å². The lowest BCUT2D eigenvalue weighted by Gasteiger charge is -2.22. The Labute approximate surface area is 288 Å². The molecule has 0 radical (unpaired) electrons. The lowest BCUT2D eigenvalue weighted by atomic mass is 10.0. The molecule has 5 amide bonds. The normalized spacial score (nSPS) is 12.9. The number of Topliss-reactive ketones (excluding diaryl/α,β-unsaturated/α-hetero) is 1. The van der Waals surface area contributed by atoms with Gasteiger partial charge in [-0.1, -0.05) is 49.7 Å². The summed E-state index contributed by atoms with van der Waals surface area (Å²) in [7, 11) is 0. The number of aliphatic hydroxyl groups excluding tert-OH is 1. The predicted molar refractivity (Wildman–Crippen MR) is 178 cm³/mol. The Morgan fingerprint density at radius 2 is 1.32 bits per heavy atom. The summed E-state index contributed by atoms with van der Waals surface area (Å²) in [5.74, 6) is -6.46. The summed E-state index contributed by atoms with van der Waals surface area (Å²) in [6, 6.07) is 12.1. The fourth-order valence-corrected chi connectivity index (χ4v) is 4.63. The first-order valence-electron chi connectivity index (χ1n) is 16.3. The molecule has 0 saturated heterocycles. The zero-order valence-corrected chi connectivity index (χ0v) is 28.0. The Morgan fingerprint density at radius 3 is 1.88 bits per heavy atom. The van der Waals surface area contributed by atoms with Crippen LogP contribution in [0.1, 0.15) is 61.9 Å². The SMILES string of the molecule is CCCCc1ccc(-c2ccc(C(=O)NCC(=O)NC(C(=O)NCC(=O)NC(CCCCN)C(=O)NCC(=O)C(F)(F)F)C(C)O)cc2)cc1. The van der Waals surface area contributed by atoms with E-state index in [0.29, 0.717) is 18.4 Å². The van der Waals surface area contributed by atoms with Gasteiger partial charge in [-0.3, -0.25) is 28.8 Å². The van der Waals surface area contributed by atoms with Gasteiger partial charge in [0.25, 0.3) is 11.7 Å². The number of carbonyl (C=O) groups excluding carboxylic acids is 6. The van der Waals surface area contributed by atoms with Crippen molar-refractivity contribution in [3.8, 4) is 11.1 Å². The minimum Gasteiger partial charge on any atom is -0.391 e. The number of hydrogen-bond acceptors (Lipinski definition) is 8. The Kier molecular flexibility index (Phi) is 17.1. The number of benzene rings is 2. The summed E-state index contributed by atoms with van der Waals surface area (Å²) in [4.78, 5) is 73.9. The van der Waals surface area contributed by atoms with Gasteiger partial charge in [0, 0.05) is 5.56 Å². The number of hydrogen-bond donors (Lipinski definition) is 7. The summed E-state index contributed by atoms with van der Waals surface area (Å²) < 4.78 is 37.5. The molecule has 0 aliphatic carbocycles. The largest absolute Gasteiger partial charge is 0.451 e. The molecule has 0 fully saturated rings. The van der Waals surface area contributed by atoms with Gasteiger partial charge in [-0.25, -0.2) is 0 Å². The number of rotatable bonds is 20. The monoisotopic (exact) mass is 706 g/mol. The molecule has 0 bridgehead atoms. The van der Waals surface area contributed by atoms with Crippen molar-refractivity contribution in [1.29, 1.82) is 0 Å². The number of unbranched alkanes of at least 4 members (excludes halogenated alkanes) is 2. The van der Waals surface area contributed by atoms with Gasteiger partial charge in [-0.15, -0.1) is 0 Å². The molecule has 2 aromatic carbocycles. The molecule has 8 N–H and O–H groups in total. The fraction of sp³-hybridized carbons (Fsp3) is 0.471. The van der Waals surface area contributed by atoms with Crippen molar-refractivity contribution in [2.24, 2.45) is 5.73 Å². The molecular formula is C34H45F3N6O7. The van der Waals surface area contributed by atoms with Crippen LogP contribution in [0.25, 0.3) is 11.1 Å². The van der Waals surface area contributed by atoms with Gasteiger partial charge >= 0.3 is 6.18 Å². The quantitative estimate of drug-likeness (QED) is 0.0996. The minimum atomic E-state index is -5.15. The predicted octanol–water partition coefficient (Wildman–Crippen LogP) is 1.27. The molecular weight excluding hydrogens is 661 g/mol. The highest BCUT2D eigenvalue weighted by molar-refractivity contribution is 5.98. The number of ketones is 1. The Bertz CT molecular complexity index is 1450. The van der Waals surface area contributed by atoms with Crippen LogP contribution in [0.15, 0.2) is 48.5 Å². The summed E-state index contributed by atoms with van der Waals surface area (Å²) >= 11 is 0. The van der Waals surface area contributed by atoms with Gasteiger partial charge in [0.15, 0.2) is 0 Å². The zero-order valence-electron chi connectivity index (χ0n) is 28.0. The Morgan fingerprint density at radius 1 is 0.760 bits per heavy atom. The average molecular weight is 707 g/mol. The van der Waals surface area contributed by atoms with Crippen LogP contribution >= 0.6 is 0 Å². The van der Waals surface area contributed by atoms with Crippen molar-refractivity contribution in [2.75, 3.05) is 26.2 Å². The van der Waals surface area contributed by atoms with E-state index in [4.69, 9.17) is 5.73 Å². The molecule has 0 spiro atoms. The number of nitrogens with one attached hydrogen (secondary N) is 5. The van der Waals surface area contributed by atoms with Gasteiger partial charge in [0.1, 0.15) is 12.1 Å². The van der Waals surface area contributed by atoms with Crippen molar-refractivity contribution >= 4 is 35.3 Å². The number of nitrogens with two attached hydrogens (primary N) is 1. The second kappa shape index (κ2) is 20.6. The molecule has 0 aromatic heterocycles. The lowest BCUT2D eigenvalue weighted by molar-refractivity contribution is -0.170. The molecule has 2 rings (SSSR count). The van der Waals surface area contributed by atoms with E-state index in [1.54, 1.807) is 24.3 Å². The third-order valence-electron chi connectivity index (χ3n) is 7.51. The van der Waals surface area contributed by atoms with Gasteiger partial charge in [-0.05, 0) is 74.4 Å². The Hall–Kier alpha value is -4.83. The van der Waals surface area contributed by atoms with Crippen LogP contribution in [0, 0.1) is 0 Å². The van der Waals surface area contributed by atoms with Gasteiger partial charge in [0.2, 0.25) is 23.6 Å². The van der Waals surface area contributed by atoms with E-state index in [2.05, 4.69) is 40.3 Å². The second-order valence-corrected chi connectivity index (χ2v) is 11.6. The van der Waals surface area contributed by atoms with Crippen LogP contribution in [0.4, 0.5) is 13.2 Å². The van der Waals surface area contributed by atoms with E-state index in [-0.39, 0.29) is 13.0 Å². The first kappa shape index (κ1) is 41.3. The molecule has 274 valence electrons. The third kappa shape index (κ3) is 14.3. The van der Waals surface area contributed by atoms with Crippen LogP contribution in [-0.2, 0) is 30.4 Å². The van der Waals surface area contributed by atoms with Gasteiger partial charge < -0.3 is 37.4 Å². The van der Waals surface area contributed by atoms with Crippen molar-refractivity contribution in [2.45, 2.75) is 76.7 Å². The summed E-state index contributed by atoms with van der Waals surface area (Å²) in [6.07, 6.45) is -2.60. The average Bonchev–Trinajstić information content (AvgIpc) is 3.09. The van der Waals surface area contributed by atoms with Gasteiger partial charge in [-0.2, -0.15) is 13.2 Å². The molecule has 50 heavy (non-hydrogen) atoms. The van der Waals surface area contributed by atoms with Crippen molar-refractivity contribution in [3.63, 3.8) is 0 Å². The molecule has 3 unspecified atom stereocenters. The van der Waals surface area contributed by atoms with E-state index in [9.17, 15) is 47.0 Å². The molecule has 0 saturated carbocycles. The van der Waals surface area contributed by atoms with Gasteiger partial charge in [0.05, 0.1) is 25.7 Å². The van der Waals surface area contributed by atoms with Crippen LogP contribution < -0.4 is 32.3 Å². The zero-order chi connectivity index (χ0) is 37.3. The summed E-state index contributed by atoms with van der Waals surface area (Å²) in [5, 5.41) is 21.1. The summed E-state index contributed by atoms with van der Waals surface area (Å²) in [6.45, 7) is 1.02. The number of alkyl halides is 3. The third-order valence-corrected chi connectivity index (χ3v) is 7.51. The maximum Gasteiger partial charge on any atom is 0.451 e. The van der Waals surface area contributed by atoms with E-state index >= 15 is 0 Å². The smallest absolute Gasteiger partial charge is 0.391 e. The molecule has 13 nitrogen and oxygen atoms in total. The van der Waals surface area contributed by atoms with Crippen molar-refractivity contribution in [1.82, 2.24) is 26.6 Å². The number of aryl methyl sites for hydroxylation is 1. The second-order valence-electron chi connectivity index (χ2n) is 11.6. The standard InChI is InChI=1S/C34H45F3N6O7/c1-3-4-7-22-9-11-23(12-10-22)24-13-15-25(16-14-24)31(48)40-20-29(47)43-30(21(2)44)33(50)41-19-28(46)42-26(8-5-6-17-38)32(49)39-18-27(45)34(35,36)37/h9-16,21,26,30,44H,3-8,17-20,38H2,1-2H3,(H,39,49)(H,40,48)(H,41,50)(H,42,46)(H,43,47). The number of halogens is 3. The maximum atomic E-state index is 12.7. The van der Waals surface area contributed by atoms with E-state index < -0.39 is 79.3 Å². The highest BCUT2D eigenvalue weighted by Gasteiger charge is 2.38. The number of amides is 5. The van der Waals surface area contributed by atoms with E-state index in [1.807, 2.05) is 17.4 Å².